The second kappa shape index (κ2) is 5.76. The van der Waals surface area contributed by atoms with Gasteiger partial charge >= 0.3 is 0 Å². The number of benzene rings is 1. The molecule has 0 heterocycles. The number of rotatable bonds is 4. The summed E-state index contributed by atoms with van der Waals surface area (Å²) in [6, 6.07) is 3.61. The molecule has 0 saturated heterocycles. The smallest absolute Gasteiger partial charge is 0.170 e. The van der Waals surface area contributed by atoms with Gasteiger partial charge in [0.25, 0.3) is 0 Å². The molecule has 0 aromatic heterocycles. The molecule has 4 heteroatoms. The van der Waals surface area contributed by atoms with Gasteiger partial charge in [-0.05, 0) is 46.3 Å². The van der Waals surface area contributed by atoms with E-state index < -0.39 is 0 Å². The van der Waals surface area contributed by atoms with E-state index in [0.29, 0.717) is 21.5 Å². The minimum absolute atomic E-state index is 0.0640. The standard InChI is InChI=1S/C16H21BrO3/c1-16(2)9-5-6-11(16)14(18)10-7-8-12(19-3)13(17)15(10)20-4/h7-8,11H,5-6,9H2,1-4H3. The lowest BCUT2D eigenvalue weighted by atomic mass is 9.77. The maximum Gasteiger partial charge on any atom is 0.170 e. The van der Waals surface area contributed by atoms with Crippen molar-refractivity contribution in [2.45, 2.75) is 33.1 Å². The van der Waals surface area contributed by atoms with Crippen LogP contribution in [0.5, 0.6) is 11.5 Å². The van der Waals surface area contributed by atoms with Crippen molar-refractivity contribution < 1.29 is 14.3 Å². The second-order valence-corrected chi connectivity index (χ2v) is 6.75. The topological polar surface area (TPSA) is 35.5 Å². The fourth-order valence-corrected chi connectivity index (χ4v) is 3.76. The zero-order chi connectivity index (χ0) is 14.9. The second-order valence-electron chi connectivity index (χ2n) is 5.96. The monoisotopic (exact) mass is 340 g/mol. The summed E-state index contributed by atoms with van der Waals surface area (Å²) in [5.74, 6) is 1.48. The van der Waals surface area contributed by atoms with Crippen molar-refractivity contribution in [1.82, 2.24) is 0 Å². The van der Waals surface area contributed by atoms with E-state index >= 15 is 0 Å². The predicted molar refractivity (Wildman–Crippen MR) is 82.7 cm³/mol. The number of carbonyl (C=O) groups is 1. The van der Waals surface area contributed by atoms with E-state index in [9.17, 15) is 4.79 Å². The Hall–Kier alpha value is -1.03. The Morgan fingerprint density at radius 2 is 2.00 bits per heavy atom. The van der Waals surface area contributed by atoms with Crippen LogP contribution < -0.4 is 9.47 Å². The van der Waals surface area contributed by atoms with Gasteiger partial charge in [-0.15, -0.1) is 0 Å². The van der Waals surface area contributed by atoms with Gasteiger partial charge in [-0.1, -0.05) is 20.3 Å². The van der Waals surface area contributed by atoms with Gasteiger partial charge in [0.05, 0.1) is 19.8 Å². The van der Waals surface area contributed by atoms with Crippen LogP contribution in [0.4, 0.5) is 0 Å². The minimum atomic E-state index is 0.0640. The molecule has 0 N–H and O–H groups in total. The molecular weight excluding hydrogens is 320 g/mol. The first-order chi connectivity index (χ1) is 9.42. The van der Waals surface area contributed by atoms with Gasteiger partial charge in [0, 0.05) is 5.92 Å². The lowest BCUT2D eigenvalue weighted by Crippen LogP contribution is -2.26. The highest BCUT2D eigenvalue weighted by Crippen LogP contribution is 2.46. The predicted octanol–water partition coefficient (Wildman–Crippen LogP) is 4.48. The first kappa shape index (κ1) is 15.4. The third-order valence-corrected chi connectivity index (χ3v) is 5.08. The largest absolute Gasteiger partial charge is 0.495 e. The van der Waals surface area contributed by atoms with Crippen LogP contribution in [0.2, 0.25) is 0 Å². The number of ether oxygens (including phenoxy) is 2. The molecule has 1 saturated carbocycles. The van der Waals surface area contributed by atoms with Crippen LogP contribution in [-0.4, -0.2) is 20.0 Å². The summed E-state index contributed by atoms with van der Waals surface area (Å²) < 4.78 is 11.4. The van der Waals surface area contributed by atoms with Crippen molar-refractivity contribution in [2.75, 3.05) is 14.2 Å². The van der Waals surface area contributed by atoms with E-state index in [-0.39, 0.29) is 17.1 Å². The van der Waals surface area contributed by atoms with E-state index in [4.69, 9.17) is 9.47 Å². The van der Waals surface area contributed by atoms with Crippen molar-refractivity contribution >= 4 is 21.7 Å². The van der Waals surface area contributed by atoms with E-state index in [1.807, 2.05) is 6.07 Å². The van der Waals surface area contributed by atoms with E-state index in [1.165, 1.54) is 0 Å². The van der Waals surface area contributed by atoms with Crippen LogP contribution in [0.1, 0.15) is 43.5 Å². The van der Waals surface area contributed by atoms with E-state index in [2.05, 4.69) is 29.8 Å². The van der Waals surface area contributed by atoms with Crippen LogP contribution in [-0.2, 0) is 0 Å². The molecule has 0 radical (unpaired) electrons. The molecule has 3 nitrogen and oxygen atoms in total. The third kappa shape index (κ3) is 2.58. The zero-order valence-corrected chi connectivity index (χ0v) is 14.0. The van der Waals surface area contributed by atoms with Crippen molar-refractivity contribution in [3.8, 4) is 11.5 Å². The SMILES string of the molecule is COc1ccc(C(=O)C2CCCC2(C)C)c(OC)c1Br. The molecule has 1 unspecified atom stereocenters. The molecule has 110 valence electrons. The lowest BCUT2D eigenvalue weighted by molar-refractivity contribution is 0.0836. The Morgan fingerprint density at radius 3 is 2.50 bits per heavy atom. The number of halogens is 1. The van der Waals surface area contributed by atoms with Gasteiger partial charge < -0.3 is 9.47 Å². The highest BCUT2D eigenvalue weighted by molar-refractivity contribution is 9.10. The molecule has 1 aliphatic rings. The van der Waals surface area contributed by atoms with Gasteiger partial charge in [-0.2, -0.15) is 0 Å². The highest BCUT2D eigenvalue weighted by atomic mass is 79.9. The summed E-state index contributed by atoms with van der Waals surface area (Å²) in [5.41, 5.74) is 0.703. The first-order valence-corrected chi connectivity index (χ1v) is 7.66. The van der Waals surface area contributed by atoms with E-state index in [0.717, 1.165) is 19.3 Å². The average Bonchev–Trinajstić information content (AvgIpc) is 2.77. The summed E-state index contributed by atoms with van der Waals surface area (Å²) >= 11 is 3.46. The molecular formula is C16H21BrO3. The molecule has 1 aliphatic carbocycles. The summed E-state index contributed by atoms with van der Waals surface area (Å²) in [5, 5.41) is 0. The highest BCUT2D eigenvalue weighted by Gasteiger charge is 2.40. The van der Waals surface area contributed by atoms with Crippen molar-refractivity contribution in [2.24, 2.45) is 11.3 Å². The molecule has 1 aromatic rings. The van der Waals surface area contributed by atoms with Gasteiger partial charge in [0.2, 0.25) is 0 Å². The van der Waals surface area contributed by atoms with E-state index in [1.54, 1.807) is 20.3 Å². The molecule has 0 spiro atoms. The fourth-order valence-electron chi connectivity index (χ4n) is 3.09. The summed E-state index contributed by atoms with van der Waals surface area (Å²) in [7, 11) is 3.18. The first-order valence-electron chi connectivity index (χ1n) is 6.87. The van der Waals surface area contributed by atoms with Crippen LogP contribution in [0.25, 0.3) is 0 Å². The van der Waals surface area contributed by atoms with Crippen molar-refractivity contribution in [3.05, 3.63) is 22.2 Å². The maximum atomic E-state index is 12.9. The lowest BCUT2D eigenvalue weighted by Gasteiger charge is -2.26. The quantitative estimate of drug-likeness (QED) is 0.758. The number of carbonyl (C=O) groups excluding carboxylic acids is 1. The Morgan fingerprint density at radius 1 is 1.30 bits per heavy atom. The molecule has 0 bridgehead atoms. The van der Waals surface area contributed by atoms with Gasteiger partial charge in [0.15, 0.2) is 5.78 Å². The zero-order valence-electron chi connectivity index (χ0n) is 12.5. The van der Waals surface area contributed by atoms with Crippen LogP contribution in [0.3, 0.4) is 0 Å². The molecule has 20 heavy (non-hydrogen) atoms. The number of Topliss-reactive ketones (excluding diaryl/α,β-unsaturated/α-hetero) is 1. The number of methoxy groups -OCH3 is 2. The Kier molecular flexibility index (Phi) is 4.43. The molecule has 1 fully saturated rings. The number of hydrogen-bond acceptors (Lipinski definition) is 3. The Bertz CT molecular complexity index is 523. The fraction of sp³-hybridized carbons (Fsp3) is 0.562. The Balaban J connectivity index is 2.42. The maximum absolute atomic E-state index is 12.9. The van der Waals surface area contributed by atoms with Crippen molar-refractivity contribution in [1.29, 1.82) is 0 Å². The van der Waals surface area contributed by atoms with Crippen LogP contribution in [0, 0.1) is 11.3 Å². The number of ketones is 1. The number of hydrogen-bond donors (Lipinski definition) is 0. The summed E-state index contributed by atoms with van der Waals surface area (Å²) in [6.45, 7) is 4.35. The molecule has 0 aliphatic heterocycles. The normalized spacial score (nSPS) is 20.8. The molecule has 2 rings (SSSR count). The molecule has 1 aromatic carbocycles. The van der Waals surface area contributed by atoms with Gasteiger partial charge in [-0.3, -0.25) is 4.79 Å². The van der Waals surface area contributed by atoms with Gasteiger partial charge in [-0.25, -0.2) is 0 Å². The van der Waals surface area contributed by atoms with Crippen LogP contribution in [0.15, 0.2) is 16.6 Å². The Labute approximate surface area is 128 Å². The molecule has 0 amide bonds. The van der Waals surface area contributed by atoms with Gasteiger partial charge in [0.1, 0.15) is 16.0 Å². The minimum Gasteiger partial charge on any atom is -0.495 e. The van der Waals surface area contributed by atoms with Crippen LogP contribution >= 0.6 is 15.9 Å². The van der Waals surface area contributed by atoms with Crippen molar-refractivity contribution in [3.63, 3.8) is 0 Å². The average molecular weight is 341 g/mol. The molecule has 1 atom stereocenters. The summed E-state index contributed by atoms with van der Waals surface area (Å²) in [6.07, 6.45) is 3.17. The summed E-state index contributed by atoms with van der Waals surface area (Å²) in [4.78, 5) is 12.9. The third-order valence-electron chi connectivity index (χ3n) is 4.32.